The van der Waals surface area contributed by atoms with Crippen LogP contribution in [0.4, 0.5) is 5.69 Å². The Morgan fingerprint density at radius 1 is 1.32 bits per heavy atom. The summed E-state index contributed by atoms with van der Waals surface area (Å²) < 4.78 is 0. The third-order valence-corrected chi connectivity index (χ3v) is 3.13. The zero-order valence-electron chi connectivity index (χ0n) is 13.8. The number of amides is 1. The molecular weight excluding hydrogens is 272 g/mol. The first-order chi connectivity index (χ1) is 10.4. The normalized spacial score (nSPS) is 12.5. The molecule has 1 aromatic carbocycles. The first-order valence-corrected chi connectivity index (χ1v) is 7.32. The van der Waals surface area contributed by atoms with E-state index < -0.39 is 0 Å². The van der Waals surface area contributed by atoms with Crippen molar-refractivity contribution in [3.63, 3.8) is 0 Å². The molecule has 1 N–H and O–H groups in total. The molecule has 0 aliphatic heterocycles. The molecule has 0 aliphatic carbocycles. The highest BCUT2D eigenvalue weighted by molar-refractivity contribution is 5.89. The third kappa shape index (κ3) is 6.35. The van der Waals surface area contributed by atoms with Gasteiger partial charge in [0.15, 0.2) is 0 Å². The summed E-state index contributed by atoms with van der Waals surface area (Å²) in [5, 5.41) is 2.79. The minimum absolute atomic E-state index is 0.0706. The average Bonchev–Trinajstić information content (AvgIpc) is 2.46. The maximum absolute atomic E-state index is 11.1. The lowest BCUT2D eigenvalue weighted by molar-refractivity contribution is -0.114. The number of anilines is 1. The smallest absolute Gasteiger partial charge is 0.221 e. The van der Waals surface area contributed by atoms with Gasteiger partial charge in [0.1, 0.15) is 0 Å². The van der Waals surface area contributed by atoms with Crippen LogP contribution in [0.2, 0.25) is 0 Å². The van der Waals surface area contributed by atoms with E-state index in [1.54, 1.807) is 0 Å². The Kier molecular flexibility index (Phi) is 7.03. The number of hydrogen-bond acceptors (Lipinski definition) is 2. The molecule has 0 bridgehead atoms. The molecule has 1 amide bonds. The zero-order chi connectivity index (χ0) is 16.5. The maximum atomic E-state index is 11.1. The Hall–Kier alpha value is -2.42. The van der Waals surface area contributed by atoms with Crippen molar-refractivity contribution in [2.45, 2.75) is 34.1 Å². The van der Waals surface area contributed by atoms with E-state index in [9.17, 15) is 4.79 Å². The molecule has 0 spiro atoms. The predicted octanol–water partition coefficient (Wildman–Crippen LogP) is 4.99. The molecule has 0 aromatic heterocycles. The highest BCUT2D eigenvalue weighted by atomic mass is 16.1. The number of rotatable bonds is 6. The van der Waals surface area contributed by atoms with Crippen LogP contribution in [-0.2, 0) is 4.79 Å². The molecule has 0 fully saturated rings. The molecule has 1 rings (SSSR count). The van der Waals surface area contributed by atoms with E-state index in [1.807, 2.05) is 63.4 Å². The van der Waals surface area contributed by atoms with Crippen LogP contribution in [0.5, 0.6) is 0 Å². The fourth-order valence-electron chi connectivity index (χ4n) is 1.88. The molecule has 0 saturated heterocycles. The standard InChI is InChI=1S/C19H24N2O/c1-6-16(4)20-11-10-14(2)12-15(3)18-8-7-9-19(13-18)21-17(5)22/h6-9,11-13H,2,10H2,1,3-5H3,(H,21,22)/b15-12+,16-6-,20-11?. The maximum Gasteiger partial charge on any atom is 0.221 e. The molecule has 1 aromatic rings. The van der Waals surface area contributed by atoms with Gasteiger partial charge in [0.25, 0.3) is 0 Å². The van der Waals surface area contributed by atoms with Crippen LogP contribution in [0.1, 0.15) is 39.7 Å². The molecule has 0 saturated carbocycles. The molecule has 0 aliphatic rings. The van der Waals surface area contributed by atoms with Crippen molar-refractivity contribution in [3.05, 3.63) is 59.8 Å². The third-order valence-electron chi connectivity index (χ3n) is 3.13. The highest BCUT2D eigenvalue weighted by Gasteiger charge is 2.00. The molecule has 116 valence electrons. The van der Waals surface area contributed by atoms with Gasteiger partial charge in [0.2, 0.25) is 5.91 Å². The van der Waals surface area contributed by atoms with Crippen LogP contribution in [0.15, 0.2) is 59.3 Å². The molecule has 0 unspecified atom stereocenters. The monoisotopic (exact) mass is 296 g/mol. The summed E-state index contributed by atoms with van der Waals surface area (Å²) in [5.41, 5.74) is 4.96. The van der Waals surface area contributed by atoms with E-state index in [0.717, 1.165) is 28.1 Å². The lowest BCUT2D eigenvalue weighted by Crippen LogP contribution is -2.05. The number of aliphatic imine (C=N–C) groups is 1. The van der Waals surface area contributed by atoms with Gasteiger partial charge in [-0.25, -0.2) is 0 Å². The summed E-state index contributed by atoms with van der Waals surface area (Å²) in [7, 11) is 0. The number of hydrogen-bond donors (Lipinski definition) is 1. The fraction of sp³-hybridized carbons (Fsp3) is 0.263. The van der Waals surface area contributed by atoms with E-state index in [0.29, 0.717) is 6.42 Å². The zero-order valence-corrected chi connectivity index (χ0v) is 13.8. The Bertz CT molecular complexity index is 637. The number of nitrogens with zero attached hydrogens (tertiary/aromatic N) is 1. The van der Waals surface area contributed by atoms with Gasteiger partial charge in [-0.05, 0) is 49.6 Å². The van der Waals surface area contributed by atoms with E-state index in [1.165, 1.54) is 6.92 Å². The number of nitrogens with one attached hydrogen (secondary N) is 1. The highest BCUT2D eigenvalue weighted by Crippen LogP contribution is 2.20. The van der Waals surface area contributed by atoms with Crippen molar-refractivity contribution in [2.75, 3.05) is 5.32 Å². The second-order valence-corrected chi connectivity index (χ2v) is 5.19. The SMILES string of the molecule is C=C(/C=C(\C)c1cccc(NC(C)=O)c1)CC=N/C(C)=C\C. The summed E-state index contributed by atoms with van der Waals surface area (Å²) in [5.74, 6) is -0.0706. The van der Waals surface area contributed by atoms with Gasteiger partial charge in [-0.1, -0.05) is 30.9 Å². The summed E-state index contributed by atoms with van der Waals surface area (Å²) in [6, 6.07) is 7.78. The minimum Gasteiger partial charge on any atom is -0.326 e. The van der Waals surface area contributed by atoms with Crippen LogP contribution < -0.4 is 5.32 Å². The van der Waals surface area contributed by atoms with E-state index in [-0.39, 0.29) is 5.91 Å². The molecule has 0 radical (unpaired) electrons. The first-order valence-electron chi connectivity index (χ1n) is 7.32. The number of benzene rings is 1. The molecule has 3 nitrogen and oxygen atoms in total. The van der Waals surface area contributed by atoms with Crippen LogP contribution in [0, 0.1) is 0 Å². The van der Waals surface area contributed by atoms with Crippen molar-refractivity contribution in [3.8, 4) is 0 Å². The second-order valence-electron chi connectivity index (χ2n) is 5.19. The lowest BCUT2D eigenvalue weighted by atomic mass is 10.0. The molecule has 22 heavy (non-hydrogen) atoms. The van der Waals surface area contributed by atoms with Crippen LogP contribution in [-0.4, -0.2) is 12.1 Å². The predicted molar refractivity (Wildman–Crippen MR) is 96.1 cm³/mol. The number of allylic oxidation sites excluding steroid dienone is 5. The van der Waals surface area contributed by atoms with Crippen LogP contribution in [0.25, 0.3) is 5.57 Å². The van der Waals surface area contributed by atoms with Gasteiger partial charge >= 0.3 is 0 Å². The van der Waals surface area contributed by atoms with Gasteiger partial charge in [-0.2, -0.15) is 0 Å². The van der Waals surface area contributed by atoms with Gasteiger partial charge < -0.3 is 5.32 Å². The Balaban J connectivity index is 2.77. The Labute approximate surface area is 133 Å². The number of carbonyl (C=O) groups excluding carboxylic acids is 1. The first kappa shape index (κ1) is 17.6. The summed E-state index contributed by atoms with van der Waals surface area (Å²) in [6.45, 7) is 11.5. The van der Waals surface area contributed by atoms with Crippen molar-refractivity contribution < 1.29 is 4.79 Å². The minimum atomic E-state index is -0.0706. The Morgan fingerprint density at radius 2 is 2.05 bits per heavy atom. The average molecular weight is 296 g/mol. The number of carbonyl (C=O) groups is 1. The van der Waals surface area contributed by atoms with Gasteiger partial charge in [0, 0.05) is 30.9 Å². The van der Waals surface area contributed by atoms with E-state index in [2.05, 4.69) is 16.9 Å². The molecule has 0 atom stereocenters. The lowest BCUT2D eigenvalue weighted by Gasteiger charge is -2.07. The van der Waals surface area contributed by atoms with Crippen LogP contribution >= 0.6 is 0 Å². The van der Waals surface area contributed by atoms with E-state index in [4.69, 9.17) is 0 Å². The van der Waals surface area contributed by atoms with Gasteiger partial charge in [0.05, 0.1) is 0 Å². The summed E-state index contributed by atoms with van der Waals surface area (Å²) in [4.78, 5) is 15.4. The van der Waals surface area contributed by atoms with Crippen LogP contribution in [0.3, 0.4) is 0 Å². The van der Waals surface area contributed by atoms with Crippen molar-refractivity contribution in [1.82, 2.24) is 0 Å². The Morgan fingerprint density at radius 3 is 2.68 bits per heavy atom. The molecular formula is C19H24N2O. The quantitative estimate of drug-likeness (QED) is 0.583. The summed E-state index contributed by atoms with van der Waals surface area (Å²) >= 11 is 0. The van der Waals surface area contributed by atoms with Gasteiger partial charge in [-0.3, -0.25) is 9.79 Å². The fourth-order valence-corrected chi connectivity index (χ4v) is 1.88. The van der Waals surface area contributed by atoms with Gasteiger partial charge in [-0.15, -0.1) is 0 Å². The molecule has 0 heterocycles. The van der Waals surface area contributed by atoms with E-state index >= 15 is 0 Å². The summed E-state index contributed by atoms with van der Waals surface area (Å²) in [6.07, 6.45) is 6.60. The second kappa shape index (κ2) is 8.78. The van der Waals surface area contributed by atoms with Crippen molar-refractivity contribution in [2.24, 2.45) is 4.99 Å². The molecule has 3 heteroatoms. The largest absolute Gasteiger partial charge is 0.326 e. The van der Waals surface area contributed by atoms with Crippen molar-refractivity contribution >= 4 is 23.4 Å². The van der Waals surface area contributed by atoms with Crippen molar-refractivity contribution in [1.29, 1.82) is 0 Å². The topological polar surface area (TPSA) is 41.5 Å².